The van der Waals surface area contributed by atoms with Crippen LogP contribution < -0.4 is 9.47 Å². The van der Waals surface area contributed by atoms with Gasteiger partial charge in [-0.1, -0.05) is 19.1 Å². The number of aryl methyl sites for hydroxylation is 2. The molecular weight excluding hydrogens is 190 g/mol. The van der Waals surface area contributed by atoms with Crippen molar-refractivity contribution in [3.05, 3.63) is 23.3 Å². The normalized spacial score (nSPS) is 17.1. The summed E-state index contributed by atoms with van der Waals surface area (Å²) in [6.45, 7) is 3.59. The first kappa shape index (κ1) is 9.24. The smallest absolute Gasteiger partial charge is 0.395 e. The van der Waals surface area contributed by atoms with Crippen LogP contribution in [0.5, 0.6) is 11.5 Å². The highest BCUT2D eigenvalue weighted by molar-refractivity contribution is 5.53. The van der Waals surface area contributed by atoms with Crippen LogP contribution in [0.3, 0.4) is 0 Å². The Kier molecular flexibility index (Phi) is 1.87. The van der Waals surface area contributed by atoms with Crippen molar-refractivity contribution in [1.29, 1.82) is 0 Å². The van der Waals surface area contributed by atoms with Crippen LogP contribution >= 0.6 is 0 Å². The molecule has 0 saturated carbocycles. The SMILES string of the molecule is CCc1ccc(C)c2c1OC(F)(F)O2. The van der Waals surface area contributed by atoms with Gasteiger partial charge in [0.1, 0.15) is 0 Å². The fourth-order valence-corrected chi connectivity index (χ4v) is 1.48. The lowest BCUT2D eigenvalue weighted by Gasteiger charge is -2.05. The zero-order chi connectivity index (χ0) is 10.3. The Morgan fingerprint density at radius 1 is 1.21 bits per heavy atom. The molecule has 0 aromatic heterocycles. The average molecular weight is 200 g/mol. The summed E-state index contributed by atoms with van der Waals surface area (Å²) >= 11 is 0. The summed E-state index contributed by atoms with van der Waals surface area (Å²) in [7, 11) is 0. The van der Waals surface area contributed by atoms with Crippen molar-refractivity contribution in [1.82, 2.24) is 0 Å². The first-order valence-corrected chi connectivity index (χ1v) is 4.42. The number of rotatable bonds is 1. The van der Waals surface area contributed by atoms with E-state index in [4.69, 9.17) is 0 Å². The molecule has 0 bridgehead atoms. The summed E-state index contributed by atoms with van der Waals surface area (Å²) in [5.74, 6) is 0.340. The maximum Gasteiger partial charge on any atom is 0.586 e. The minimum atomic E-state index is -3.52. The highest BCUT2D eigenvalue weighted by atomic mass is 19.3. The number of benzene rings is 1. The van der Waals surface area contributed by atoms with E-state index in [0.717, 1.165) is 5.56 Å². The Morgan fingerprint density at radius 3 is 2.50 bits per heavy atom. The Bertz CT molecular complexity index is 375. The first-order chi connectivity index (χ1) is 6.53. The van der Waals surface area contributed by atoms with E-state index in [1.54, 1.807) is 19.1 Å². The lowest BCUT2D eigenvalue weighted by molar-refractivity contribution is -0.287. The summed E-state index contributed by atoms with van der Waals surface area (Å²) in [5, 5.41) is 0. The molecule has 0 N–H and O–H groups in total. The molecule has 0 aliphatic carbocycles. The van der Waals surface area contributed by atoms with E-state index in [2.05, 4.69) is 9.47 Å². The number of alkyl halides is 2. The van der Waals surface area contributed by atoms with E-state index in [-0.39, 0.29) is 11.5 Å². The Morgan fingerprint density at radius 2 is 1.86 bits per heavy atom. The van der Waals surface area contributed by atoms with Gasteiger partial charge >= 0.3 is 6.29 Å². The fraction of sp³-hybridized carbons (Fsp3) is 0.400. The second-order valence-electron chi connectivity index (χ2n) is 3.22. The van der Waals surface area contributed by atoms with Crippen molar-refractivity contribution in [2.75, 3.05) is 0 Å². The van der Waals surface area contributed by atoms with Gasteiger partial charge in [0.2, 0.25) is 0 Å². The van der Waals surface area contributed by atoms with E-state index >= 15 is 0 Å². The number of hydrogen-bond acceptors (Lipinski definition) is 2. The van der Waals surface area contributed by atoms with Crippen LogP contribution in [0.15, 0.2) is 12.1 Å². The van der Waals surface area contributed by atoms with Crippen LogP contribution in [0.25, 0.3) is 0 Å². The quantitative estimate of drug-likeness (QED) is 0.693. The predicted octanol–water partition coefficient (Wildman–Crippen LogP) is 2.88. The van der Waals surface area contributed by atoms with Crippen LogP contribution in [0, 0.1) is 6.92 Å². The maximum absolute atomic E-state index is 12.8. The molecular formula is C10H10F2O2. The Labute approximate surface area is 80.4 Å². The zero-order valence-corrected chi connectivity index (χ0v) is 7.93. The molecule has 4 heteroatoms. The minimum absolute atomic E-state index is 0.161. The molecule has 1 aromatic carbocycles. The van der Waals surface area contributed by atoms with Crippen LogP contribution in [0.4, 0.5) is 8.78 Å². The standard InChI is InChI=1S/C10H10F2O2/c1-3-7-5-4-6(2)8-9(7)14-10(11,12)13-8/h4-5H,3H2,1-2H3. The topological polar surface area (TPSA) is 18.5 Å². The second kappa shape index (κ2) is 2.83. The number of halogens is 2. The molecule has 0 unspecified atom stereocenters. The molecule has 1 aromatic rings. The van der Waals surface area contributed by atoms with Crippen molar-refractivity contribution in [3.8, 4) is 11.5 Å². The molecule has 0 amide bonds. The van der Waals surface area contributed by atoms with Gasteiger partial charge in [0.25, 0.3) is 0 Å². The first-order valence-electron chi connectivity index (χ1n) is 4.42. The van der Waals surface area contributed by atoms with Gasteiger partial charge in [0.05, 0.1) is 0 Å². The average Bonchev–Trinajstić information content (AvgIpc) is 2.42. The van der Waals surface area contributed by atoms with Crippen LogP contribution in [0.2, 0.25) is 0 Å². The minimum Gasteiger partial charge on any atom is -0.395 e. The maximum atomic E-state index is 12.8. The second-order valence-corrected chi connectivity index (χ2v) is 3.22. The van der Waals surface area contributed by atoms with Gasteiger partial charge in [0, 0.05) is 0 Å². The van der Waals surface area contributed by atoms with Gasteiger partial charge in [-0.2, -0.15) is 0 Å². The van der Waals surface area contributed by atoms with Gasteiger partial charge in [0.15, 0.2) is 11.5 Å². The zero-order valence-electron chi connectivity index (χ0n) is 7.93. The highest BCUT2D eigenvalue weighted by Gasteiger charge is 2.45. The van der Waals surface area contributed by atoms with E-state index in [9.17, 15) is 8.78 Å². The monoisotopic (exact) mass is 200 g/mol. The fourth-order valence-electron chi connectivity index (χ4n) is 1.48. The van der Waals surface area contributed by atoms with Crippen molar-refractivity contribution in [2.24, 2.45) is 0 Å². The molecule has 2 nitrogen and oxygen atoms in total. The molecule has 76 valence electrons. The summed E-state index contributed by atoms with van der Waals surface area (Å²) in [6, 6.07) is 3.53. The van der Waals surface area contributed by atoms with E-state index < -0.39 is 6.29 Å². The van der Waals surface area contributed by atoms with E-state index in [1.165, 1.54) is 0 Å². The molecule has 0 radical (unpaired) electrons. The summed E-state index contributed by atoms with van der Waals surface area (Å²) in [6.07, 6.45) is -2.87. The molecule has 0 spiro atoms. The van der Waals surface area contributed by atoms with Crippen LogP contribution in [0.1, 0.15) is 18.1 Å². The van der Waals surface area contributed by atoms with Crippen molar-refractivity contribution in [2.45, 2.75) is 26.6 Å². The third-order valence-electron chi connectivity index (χ3n) is 2.21. The van der Waals surface area contributed by atoms with Gasteiger partial charge in [-0.3, -0.25) is 0 Å². The summed E-state index contributed by atoms with van der Waals surface area (Å²) < 4.78 is 34.4. The number of fused-ring (bicyclic) bond motifs is 1. The largest absolute Gasteiger partial charge is 0.586 e. The van der Waals surface area contributed by atoms with Crippen molar-refractivity contribution in [3.63, 3.8) is 0 Å². The lowest BCUT2D eigenvalue weighted by atomic mass is 10.1. The molecule has 1 aliphatic rings. The summed E-state index contributed by atoms with van der Waals surface area (Å²) in [5.41, 5.74) is 1.40. The summed E-state index contributed by atoms with van der Waals surface area (Å²) in [4.78, 5) is 0. The number of ether oxygens (including phenoxy) is 2. The third-order valence-corrected chi connectivity index (χ3v) is 2.21. The highest BCUT2D eigenvalue weighted by Crippen LogP contribution is 2.45. The van der Waals surface area contributed by atoms with Crippen LogP contribution in [-0.2, 0) is 6.42 Å². The van der Waals surface area contributed by atoms with Crippen LogP contribution in [-0.4, -0.2) is 6.29 Å². The Hall–Kier alpha value is -1.32. The molecule has 2 rings (SSSR count). The lowest BCUT2D eigenvalue weighted by Crippen LogP contribution is -2.26. The molecule has 0 fully saturated rings. The molecule has 14 heavy (non-hydrogen) atoms. The van der Waals surface area contributed by atoms with Crippen molar-refractivity contribution < 1.29 is 18.3 Å². The molecule has 1 aliphatic heterocycles. The Balaban J connectivity index is 2.53. The van der Waals surface area contributed by atoms with Gasteiger partial charge < -0.3 is 9.47 Å². The molecule has 1 heterocycles. The molecule has 0 saturated heterocycles. The van der Waals surface area contributed by atoms with Gasteiger partial charge in [-0.15, -0.1) is 8.78 Å². The third kappa shape index (κ3) is 1.31. The van der Waals surface area contributed by atoms with Crippen molar-refractivity contribution >= 4 is 0 Å². The van der Waals surface area contributed by atoms with E-state index in [1.807, 2.05) is 6.92 Å². The van der Waals surface area contributed by atoms with Gasteiger partial charge in [-0.05, 0) is 24.5 Å². The van der Waals surface area contributed by atoms with Gasteiger partial charge in [-0.25, -0.2) is 0 Å². The number of hydrogen-bond donors (Lipinski definition) is 0. The van der Waals surface area contributed by atoms with E-state index in [0.29, 0.717) is 12.0 Å². The predicted molar refractivity (Wildman–Crippen MR) is 46.8 cm³/mol. The molecule has 0 atom stereocenters.